The number of likely N-dealkylation sites (N-methyl/N-ethyl adjacent to an activating group) is 1. The predicted molar refractivity (Wildman–Crippen MR) is 77.1 cm³/mol. The van der Waals surface area contributed by atoms with Gasteiger partial charge in [0.15, 0.2) is 0 Å². The number of hydrogen-bond donors (Lipinski definition) is 1. The van der Waals surface area contributed by atoms with Gasteiger partial charge in [-0.15, -0.1) is 0 Å². The topological polar surface area (TPSA) is 84.5 Å². The van der Waals surface area contributed by atoms with Crippen molar-refractivity contribution in [2.24, 2.45) is 7.05 Å². The summed E-state index contributed by atoms with van der Waals surface area (Å²) in [4.78, 5) is 36.3. The fraction of sp³-hybridized carbons (Fsp3) is 0.357. The van der Waals surface area contributed by atoms with Crippen LogP contribution < -0.4 is 5.69 Å². The Bertz CT molecular complexity index is 744. The average molecular weight is 291 g/mol. The quantitative estimate of drug-likeness (QED) is 0.857. The first-order chi connectivity index (χ1) is 9.95. The molecule has 0 unspecified atom stereocenters. The Balaban J connectivity index is 2.35. The van der Waals surface area contributed by atoms with E-state index >= 15 is 0 Å². The van der Waals surface area contributed by atoms with Crippen molar-refractivity contribution >= 4 is 22.9 Å². The third-order valence-electron chi connectivity index (χ3n) is 3.41. The van der Waals surface area contributed by atoms with E-state index in [4.69, 9.17) is 5.11 Å². The van der Waals surface area contributed by atoms with Gasteiger partial charge in [-0.3, -0.25) is 18.7 Å². The number of imidazole rings is 1. The van der Waals surface area contributed by atoms with Crippen LogP contribution in [-0.2, 0) is 23.2 Å². The summed E-state index contributed by atoms with van der Waals surface area (Å²) in [5.74, 6) is -1.46. The lowest BCUT2D eigenvalue weighted by Crippen LogP contribution is -2.39. The van der Waals surface area contributed by atoms with Crippen LogP contribution in [0.5, 0.6) is 0 Å². The molecule has 0 spiro atoms. The first-order valence-electron chi connectivity index (χ1n) is 6.59. The zero-order chi connectivity index (χ0) is 15.6. The molecule has 0 aliphatic heterocycles. The first kappa shape index (κ1) is 14.8. The number of aryl methyl sites for hydroxylation is 1. The summed E-state index contributed by atoms with van der Waals surface area (Å²) >= 11 is 0. The van der Waals surface area contributed by atoms with E-state index in [0.717, 1.165) is 5.52 Å². The summed E-state index contributed by atoms with van der Waals surface area (Å²) in [5, 5.41) is 8.79. The van der Waals surface area contributed by atoms with Crippen molar-refractivity contribution in [2.75, 3.05) is 13.1 Å². The van der Waals surface area contributed by atoms with E-state index in [1.54, 1.807) is 32.2 Å². The molecule has 112 valence electrons. The van der Waals surface area contributed by atoms with Crippen LogP contribution in [-0.4, -0.2) is 44.1 Å². The predicted octanol–water partition coefficient (Wildman–Crippen LogP) is 0.273. The van der Waals surface area contributed by atoms with Gasteiger partial charge in [-0.2, -0.15) is 0 Å². The molecule has 0 fully saturated rings. The number of carboxylic acid groups (broad SMARTS) is 1. The first-order valence-corrected chi connectivity index (χ1v) is 6.59. The third kappa shape index (κ3) is 2.81. The lowest BCUT2D eigenvalue weighted by atomic mass is 10.3. The number of carbonyl (C=O) groups excluding carboxylic acids is 1. The molecule has 1 aromatic heterocycles. The van der Waals surface area contributed by atoms with E-state index in [-0.39, 0.29) is 25.3 Å². The van der Waals surface area contributed by atoms with Crippen LogP contribution in [0, 0.1) is 0 Å². The van der Waals surface area contributed by atoms with Crippen LogP contribution in [0.15, 0.2) is 29.1 Å². The number of aromatic nitrogens is 2. The van der Waals surface area contributed by atoms with Gasteiger partial charge in [0.25, 0.3) is 0 Å². The highest BCUT2D eigenvalue weighted by molar-refractivity contribution is 5.83. The van der Waals surface area contributed by atoms with E-state index < -0.39 is 11.9 Å². The summed E-state index contributed by atoms with van der Waals surface area (Å²) in [5.41, 5.74) is 1.09. The van der Waals surface area contributed by atoms with E-state index in [0.29, 0.717) is 5.52 Å². The number of nitrogens with zero attached hydrogens (tertiary/aromatic N) is 3. The van der Waals surface area contributed by atoms with Crippen LogP contribution in [0.3, 0.4) is 0 Å². The normalized spacial score (nSPS) is 10.8. The minimum Gasteiger partial charge on any atom is -0.480 e. The maximum Gasteiger partial charge on any atom is 0.329 e. The molecule has 2 rings (SSSR count). The molecule has 21 heavy (non-hydrogen) atoms. The van der Waals surface area contributed by atoms with Crippen LogP contribution in [0.25, 0.3) is 11.0 Å². The molecule has 0 bridgehead atoms. The number of benzene rings is 1. The molecule has 0 aliphatic carbocycles. The molecular formula is C14H17N3O4. The molecule has 0 saturated carbocycles. The van der Waals surface area contributed by atoms with E-state index in [2.05, 4.69) is 0 Å². The van der Waals surface area contributed by atoms with Crippen molar-refractivity contribution in [1.29, 1.82) is 0 Å². The number of amides is 1. The Labute approximate surface area is 121 Å². The van der Waals surface area contributed by atoms with E-state index in [1.165, 1.54) is 14.0 Å². The smallest absolute Gasteiger partial charge is 0.329 e. The fourth-order valence-electron chi connectivity index (χ4n) is 2.29. The van der Waals surface area contributed by atoms with Gasteiger partial charge in [-0.25, -0.2) is 4.79 Å². The summed E-state index contributed by atoms with van der Waals surface area (Å²) in [7, 11) is 1.64. The van der Waals surface area contributed by atoms with Crippen molar-refractivity contribution < 1.29 is 14.7 Å². The number of hydrogen-bond acceptors (Lipinski definition) is 3. The van der Waals surface area contributed by atoms with Crippen molar-refractivity contribution in [3.8, 4) is 0 Å². The number of carboxylic acids is 1. The molecular weight excluding hydrogens is 274 g/mol. The van der Waals surface area contributed by atoms with Gasteiger partial charge in [-0.1, -0.05) is 12.1 Å². The number of rotatable bonds is 5. The van der Waals surface area contributed by atoms with Gasteiger partial charge in [-0.05, 0) is 19.1 Å². The molecule has 7 nitrogen and oxygen atoms in total. The zero-order valence-electron chi connectivity index (χ0n) is 11.9. The highest BCUT2D eigenvalue weighted by atomic mass is 16.4. The number of carbonyl (C=O) groups is 2. The van der Waals surface area contributed by atoms with Gasteiger partial charge < -0.3 is 10.0 Å². The molecule has 2 aromatic rings. The van der Waals surface area contributed by atoms with Crippen molar-refractivity contribution in [3.05, 3.63) is 34.7 Å². The largest absolute Gasteiger partial charge is 0.480 e. The number of aliphatic carboxylic acids is 1. The summed E-state index contributed by atoms with van der Waals surface area (Å²) < 4.78 is 2.83. The molecule has 0 radical (unpaired) electrons. The molecule has 1 amide bonds. The number of fused-ring (bicyclic) bond motifs is 1. The summed E-state index contributed by atoms with van der Waals surface area (Å²) in [6.45, 7) is 1.45. The standard InChI is InChI=1S/C14H17N3O4/c1-3-16(9-13(19)20)12(18)8-17-11-7-5-4-6-10(11)15(2)14(17)21/h4-7H,3,8-9H2,1-2H3,(H,19,20). The average Bonchev–Trinajstić information content (AvgIpc) is 2.70. The zero-order valence-corrected chi connectivity index (χ0v) is 11.9. The van der Waals surface area contributed by atoms with Crippen molar-refractivity contribution in [3.63, 3.8) is 0 Å². The lowest BCUT2D eigenvalue weighted by Gasteiger charge is -2.18. The summed E-state index contributed by atoms with van der Waals surface area (Å²) in [6, 6.07) is 7.17. The second kappa shape index (κ2) is 5.82. The van der Waals surface area contributed by atoms with Crippen LogP contribution in [0.1, 0.15) is 6.92 Å². The Morgan fingerprint density at radius 2 is 1.86 bits per heavy atom. The lowest BCUT2D eigenvalue weighted by molar-refractivity contribution is -0.144. The van der Waals surface area contributed by atoms with Crippen LogP contribution in [0.4, 0.5) is 0 Å². The molecule has 1 heterocycles. The summed E-state index contributed by atoms with van der Waals surface area (Å²) in [6.07, 6.45) is 0. The molecule has 1 aromatic carbocycles. The minimum absolute atomic E-state index is 0.165. The van der Waals surface area contributed by atoms with Gasteiger partial charge in [0.05, 0.1) is 11.0 Å². The highest BCUT2D eigenvalue weighted by Gasteiger charge is 2.18. The Hall–Kier alpha value is -2.57. The molecule has 1 N–H and O–H groups in total. The molecule has 0 atom stereocenters. The van der Waals surface area contributed by atoms with Gasteiger partial charge in [0.2, 0.25) is 5.91 Å². The molecule has 0 aliphatic rings. The minimum atomic E-state index is -1.07. The molecule has 0 saturated heterocycles. The number of para-hydroxylation sites is 2. The monoisotopic (exact) mass is 291 g/mol. The Morgan fingerprint density at radius 3 is 2.43 bits per heavy atom. The maximum absolute atomic E-state index is 12.2. The Kier molecular flexibility index (Phi) is 4.11. The second-order valence-corrected chi connectivity index (χ2v) is 4.72. The van der Waals surface area contributed by atoms with Crippen LogP contribution in [0.2, 0.25) is 0 Å². The van der Waals surface area contributed by atoms with Crippen LogP contribution >= 0.6 is 0 Å². The highest BCUT2D eigenvalue weighted by Crippen LogP contribution is 2.11. The molecule has 7 heteroatoms. The van der Waals surface area contributed by atoms with Crippen molar-refractivity contribution in [2.45, 2.75) is 13.5 Å². The van der Waals surface area contributed by atoms with Gasteiger partial charge >= 0.3 is 11.7 Å². The van der Waals surface area contributed by atoms with E-state index in [1.807, 2.05) is 6.07 Å². The third-order valence-corrected chi connectivity index (χ3v) is 3.41. The van der Waals surface area contributed by atoms with Gasteiger partial charge in [0, 0.05) is 13.6 Å². The second-order valence-electron chi connectivity index (χ2n) is 4.72. The van der Waals surface area contributed by atoms with E-state index in [9.17, 15) is 14.4 Å². The SMILES string of the molecule is CCN(CC(=O)O)C(=O)Cn1c(=O)n(C)c2ccccc21. The maximum atomic E-state index is 12.2. The van der Waals surface area contributed by atoms with Crippen molar-refractivity contribution in [1.82, 2.24) is 14.0 Å². The Morgan fingerprint density at radius 1 is 1.24 bits per heavy atom. The van der Waals surface area contributed by atoms with Gasteiger partial charge in [0.1, 0.15) is 13.1 Å². The fourth-order valence-corrected chi connectivity index (χ4v) is 2.29.